The number of fused-ring (bicyclic) bond motifs is 2. The van der Waals surface area contributed by atoms with Crippen molar-refractivity contribution in [3.05, 3.63) is 24.3 Å². The van der Waals surface area contributed by atoms with Gasteiger partial charge in [0.25, 0.3) is 0 Å². The van der Waals surface area contributed by atoms with Crippen molar-refractivity contribution >= 4 is 5.97 Å². The highest BCUT2D eigenvalue weighted by molar-refractivity contribution is 5.66. The Balaban J connectivity index is 1.42. The van der Waals surface area contributed by atoms with E-state index in [1.165, 1.54) is 32.6 Å². The van der Waals surface area contributed by atoms with Crippen LogP contribution in [0.25, 0.3) is 0 Å². The average Bonchev–Trinajstić information content (AvgIpc) is 3.14. The van der Waals surface area contributed by atoms with Crippen LogP contribution in [0, 0.1) is 46.3 Å². The van der Waals surface area contributed by atoms with Crippen LogP contribution < -0.4 is 0 Å². The first-order valence-electron chi connectivity index (χ1n) is 13.9. The second-order valence-corrected chi connectivity index (χ2v) is 13.3. The summed E-state index contributed by atoms with van der Waals surface area (Å²) >= 11 is 0. The zero-order chi connectivity index (χ0) is 24.5. The van der Waals surface area contributed by atoms with Crippen molar-refractivity contribution in [3.63, 3.8) is 0 Å². The molecule has 6 rings (SSSR count). The van der Waals surface area contributed by atoms with E-state index in [-0.39, 0.29) is 28.5 Å². The molecule has 4 nitrogen and oxygen atoms in total. The molecule has 0 aromatic carbocycles. The van der Waals surface area contributed by atoms with Gasteiger partial charge >= 0.3 is 5.97 Å². The van der Waals surface area contributed by atoms with E-state index in [0.717, 1.165) is 12.8 Å². The molecule has 34 heavy (non-hydrogen) atoms. The summed E-state index contributed by atoms with van der Waals surface area (Å²) in [6.45, 7) is 15.9. The third-order valence-electron chi connectivity index (χ3n) is 11.4. The molecule has 2 spiro atoms. The van der Waals surface area contributed by atoms with E-state index in [0.29, 0.717) is 41.9 Å². The zero-order valence-corrected chi connectivity index (χ0v) is 22.4. The third-order valence-corrected chi connectivity index (χ3v) is 11.4. The van der Waals surface area contributed by atoms with Crippen molar-refractivity contribution in [2.75, 3.05) is 0 Å². The molecule has 0 aromatic heterocycles. The molecule has 4 aliphatic carbocycles. The third kappa shape index (κ3) is 3.34. The van der Waals surface area contributed by atoms with Crippen LogP contribution in [0.3, 0.4) is 0 Å². The number of rotatable bonds is 5. The van der Waals surface area contributed by atoms with Crippen molar-refractivity contribution in [3.8, 4) is 0 Å². The minimum absolute atomic E-state index is 0.0221. The molecule has 10 atom stereocenters. The average molecular weight is 471 g/mol. The van der Waals surface area contributed by atoms with Crippen molar-refractivity contribution in [2.24, 2.45) is 46.3 Å². The Kier molecular flexibility index (Phi) is 5.92. The van der Waals surface area contributed by atoms with Crippen LogP contribution in [0.4, 0.5) is 0 Å². The van der Waals surface area contributed by atoms with Gasteiger partial charge in [0, 0.05) is 30.6 Å². The highest BCUT2D eigenvalue weighted by Gasteiger charge is 2.74. The fourth-order valence-electron chi connectivity index (χ4n) is 9.03. The quantitative estimate of drug-likeness (QED) is 0.245. The van der Waals surface area contributed by atoms with Crippen molar-refractivity contribution < 1.29 is 19.3 Å². The van der Waals surface area contributed by atoms with Crippen molar-refractivity contribution in [1.82, 2.24) is 0 Å². The molecule has 2 bridgehead atoms. The summed E-state index contributed by atoms with van der Waals surface area (Å²) < 4.78 is 5.63. The predicted octanol–water partition coefficient (Wildman–Crippen LogP) is 7.04. The molecule has 1 saturated heterocycles. The van der Waals surface area contributed by atoms with Gasteiger partial charge in [-0.2, -0.15) is 0 Å². The van der Waals surface area contributed by atoms with Crippen molar-refractivity contribution in [1.29, 1.82) is 0 Å². The molecule has 3 saturated carbocycles. The lowest BCUT2D eigenvalue weighted by Crippen LogP contribution is -2.73. The minimum Gasteiger partial charge on any atom is -0.462 e. The fourth-order valence-corrected chi connectivity index (χ4v) is 9.03. The lowest BCUT2D eigenvalue weighted by Gasteiger charge is -2.69. The van der Waals surface area contributed by atoms with E-state index < -0.39 is 5.60 Å². The van der Waals surface area contributed by atoms with Crippen LogP contribution in [0.5, 0.6) is 0 Å². The summed E-state index contributed by atoms with van der Waals surface area (Å²) in [5.41, 5.74) is -0.514. The maximum atomic E-state index is 11.6. The summed E-state index contributed by atoms with van der Waals surface area (Å²) in [4.78, 5) is 24.6. The molecule has 0 N–H and O–H groups in total. The Labute approximate surface area is 206 Å². The van der Waals surface area contributed by atoms with Crippen LogP contribution in [0.15, 0.2) is 24.3 Å². The molecule has 0 unspecified atom stereocenters. The van der Waals surface area contributed by atoms with E-state index in [1.807, 2.05) is 0 Å². The maximum absolute atomic E-state index is 11.6. The first-order chi connectivity index (χ1) is 16.0. The van der Waals surface area contributed by atoms with Gasteiger partial charge in [-0.1, -0.05) is 59.8 Å². The topological polar surface area (TPSA) is 44.8 Å². The smallest absolute Gasteiger partial charge is 0.302 e. The molecule has 0 amide bonds. The molecule has 4 fully saturated rings. The number of hydrogen-bond acceptors (Lipinski definition) is 4. The number of esters is 1. The molecule has 0 aromatic rings. The van der Waals surface area contributed by atoms with Gasteiger partial charge in [0.1, 0.15) is 17.3 Å². The minimum atomic E-state index is -0.480. The van der Waals surface area contributed by atoms with Crippen LogP contribution >= 0.6 is 0 Å². The van der Waals surface area contributed by atoms with Gasteiger partial charge in [-0.25, -0.2) is 9.78 Å². The molecule has 2 aliphatic heterocycles. The molecule has 2 heterocycles. The fraction of sp³-hybridized carbons (Fsp3) is 0.833. The highest BCUT2D eigenvalue weighted by Crippen LogP contribution is 2.72. The van der Waals surface area contributed by atoms with Gasteiger partial charge in [-0.15, -0.1) is 0 Å². The number of carbonyl (C=O) groups excluding carboxylic acids is 1. The summed E-state index contributed by atoms with van der Waals surface area (Å²) in [6.07, 6.45) is 17.1. The molecule has 190 valence electrons. The lowest BCUT2D eigenvalue weighted by molar-refractivity contribution is -0.497. The molecule has 4 heteroatoms. The summed E-state index contributed by atoms with van der Waals surface area (Å²) in [7, 11) is 0. The Morgan fingerprint density at radius 3 is 2.38 bits per heavy atom. The number of carbonyl (C=O) groups is 1. The second-order valence-electron chi connectivity index (χ2n) is 13.3. The van der Waals surface area contributed by atoms with Gasteiger partial charge in [0.2, 0.25) is 0 Å². The van der Waals surface area contributed by atoms with Gasteiger partial charge < -0.3 is 4.74 Å². The van der Waals surface area contributed by atoms with Crippen LogP contribution in [0.1, 0.15) is 93.4 Å². The van der Waals surface area contributed by atoms with E-state index in [2.05, 4.69) is 65.8 Å². The van der Waals surface area contributed by atoms with E-state index >= 15 is 0 Å². The first-order valence-corrected chi connectivity index (χ1v) is 13.9. The SMILES string of the molecule is CC(=O)O[C@@H]1CC[C@]2(C)[C@@H]3CC[C@]4(C)[C@@H]([C@H](C)/C=C/[C@H](C)C(C)C)CC[C@@H]4[C@@]34C=C[C@]2(C1)OO4. The van der Waals surface area contributed by atoms with E-state index in [9.17, 15) is 4.79 Å². The lowest BCUT2D eigenvalue weighted by atomic mass is 9.42. The van der Waals surface area contributed by atoms with Crippen LogP contribution in [-0.4, -0.2) is 23.3 Å². The summed E-state index contributed by atoms with van der Waals surface area (Å²) in [5, 5.41) is 0. The van der Waals surface area contributed by atoms with E-state index in [1.54, 1.807) is 0 Å². The first kappa shape index (κ1) is 24.6. The monoisotopic (exact) mass is 470 g/mol. The van der Waals surface area contributed by atoms with Gasteiger partial charge in [-0.3, -0.25) is 4.79 Å². The molecule has 0 radical (unpaired) electrons. The molecular weight excluding hydrogens is 424 g/mol. The maximum Gasteiger partial charge on any atom is 0.302 e. The normalized spacial score (nSPS) is 48.9. The predicted molar refractivity (Wildman–Crippen MR) is 134 cm³/mol. The Bertz CT molecular complexity index is 877. The van der Waals surface area contributed by atoms with Gasteiger partial charge in [0.05, 0.1) is 0 Å². The Morgan fingerprint density at radius 2 is 1.74 bits per heavy atom. The van der Waals surface area contributed by atoms with Crippen molar-refractivity contribution in [2.45, 2.75) is 111 Å². The number of allylic oxidation sites excluding steroid dienone is 2. The summed E-state index contributed by atoms with van der Waals surface area (Å²) in [5.74, 6) is 3.30. The number of ether oxygens (including phenoxy) is 1. The zero-order valence-electron chi connectivity index (χ0n) is 22.4. The molecule has 6 aliphatic rings. The highest BCUT2D eigenvalue weighted by atomic mass is 17.2. The standard InChI is InChI=1S/C30H46O4/c1-19(2)20(3)8-9-21(4)24-10-11-25-27(24,6)14-13-26-28(7)15-12-23(32-22(5)31)18-29(28)16-17-30(25,26)34-33-29/h8-9,16-17,19-21,23-26H,10-15,18H2,1-7H3/b9-8+/t20-,21+,23+,24+,25-,26-,27+,28+,29+,30-/m0/s1. The second kappa shape index (κ2) is 8.20. The number of hydrogen-bond donors (Lipinski definition) is 0. The largest absolute Gasteiger partial charge is 0.462 e. The Hall–Kier alpha value is -1.13. The van der Waals surface area contributed by atoms with Gasteiger partial charge in [0.15, 0.2) is 0 Å². The van der Waals surface area contributed by atoms with Gasteiger partial charge in [-0.05, 0) is 73.7 Å². The van der Waals surface area contributed by atoms with Crippen LogP contribution in [0.2, 0.25) is 0 Å². The summed E-state index contributed by atoms with van der Waals surface area (Å²) in [6, 6.07) is 0. The molecular formula is C30H46O4. The Morgan fingerprint density at radius 1 is 0.971 bits per heavy atom. The van der Waals surface area contributed by atoms with Crippen LogP contribution in [-0.2, 0) is 19.3 Å². The van der Waals surface area contributed by atoms with E-state index in [4.69, 9.17) is 14.5 Å².